The van der Waals surface area contributed by atoms with Crippen molar-refractivity contribution in [1.29, 1.82) is 0 Å². The van der Waals surface area contributed by atoms with Gasteiger partial charge >= 0.3 is 0 Å². The van der Waals surface area contributed by atoms with Gasteiger partial charge in [0, 0.05) is 11.3 Å². The Morgan fingerprint density at radius 1 is 1.19 bits per heavy atom. The van der Waals surface area contributed by atoms with Crippen LogP contribution in [-0.2, 0) is 0 Å². The first-order valence-corrected chi connectivity index (χ1v) is 8.73. The molecule has 3 aromatic rings. The molecule has 140 valence electrons. The molecule has 0 aliphatic carbocycles. The predicted molar refractivity (Wildman–Crippen MR) is 105 cm³/mol. The van der Waals surface area contributed by atoms with Crippen molar-refractivity contribution in [3.8, 4) is 22.8 Å². The Bertz CT molecular complexity index is 959. The highest BCUT2D eigenvalue weighted by Crippen LogP contribution is 2.31. The fourth-order valence-electron chi connectivity index (χ4n) is 2.84. The number of aromatic hydroxyl groups is 1. The summed E-state index contributed by atoms with van der Waals surface area (Å²) >= 11 is 0. The zero-order valence-corrected chi connectivity index (χ0v) is 15.8. The average Bonchev–Trinajstić information content (AvgIpc) is 3.14. The number of hydrogen-bond donors (Lipinski definition) is 3. The average molecular weight is 365 g/mol. The van der Waals surface area contributed by atoms with Crippen molar-refractivity contribution in [3.05, 3.63) is 59.3 Å². The Labute approximate surface area is 158 Å². The van der Waals surface area contributed by atoms with Crippen LogP contribution in [0.15, 0.2) is 42.5 Å². The van der Waals surface area contributed by atoms with Crippen LogP contribution in [0.2, 0.25) is 0 Å². The molecule has 0 saturated heterocycles. The molecule has 1 amide bonds. The number of carbonyl (C=O) groups is 1. The number of nitrogens with zero attached hydrogens (tertiary/aromatic N) is 1. The first kappa shape index (κ1) is 18.5. The number of benzene rings is 2. The van der Waals surface area contributed by atoms with Crippen molar-refractivity contribution in [2.75, 3.05) is 12.4 Å². The fourth-order valence-corrected chi connectivity index (χ4v) is 2.84. The standard InChI is InChI=1S/C21H23N3O3/c1-12(2)16-10-17(13(3)9-20(16)25)22-21(26)19-11-18(23-24-19)14-5-7-15(27-4)8-6-14/h5-12,25H,1-4H3,(H,22,26)(H,23,24). The number of aromatic amines is 1. The SMILES string of the molecule is COc1ccc(-c2cc(C(=O)Nc3cc(C(C)C)c(O)cc3C)[nH]n2)cc1. The first-order valence-electron chi connectivity index (χ1n) is 8.73. The van der Waals surface area contributed by atoms with Gasteiger partial charge in [0.15, 0.2) is 0 Å². The van der Waals surface area contributed by atoms with Gasteiger partial charge in [-0.2, -0.15) is 5.10 Å². The Hall–Kier alpha value is -3.28. The zero-order chi connectivity index (χ0) is 19.6. The molecule has 0 aliphatic rings. The summed E-state index contributed by atoms with van der Waals surface area (Å²) in [6, 6.07) is 12.6. The maximum absolute atomic E-state index is 12.6. The summed E-state index contributed by atoms with van der Waals surface area (Å²) in [5.41, 5.74) is 4.17. The number of anilines is 1. The van der Waals surface area contributed by atoms with Crippen molar-refractivity contribution < 1.29 is 14.6 Å². The highest BCUT2D eigenvalue weighted by Gasteiger charge is 2.15. The van der Waals surface area contributed by atoms with E-state index in [1.54, 1.807) is 19.2 Å². The topological polar surface area (TPSA) is 87.2 Å². The number of carbonyl (C=O) groups excluding carboxylic acids is 1. The summed E-state index contributed by atoms with van der Waals surface area (Å²) in [6.45, 7) is 5.83. The maximum atomic E-state index is 12.6. The summed E-state index contributed by atoms with van der Waals surface area (Å²) in [6.07, 6.45) is 0. The van der Waals surface area contributed by atoms with Gasteiger partial charge in [-0.25, -0.2) is 0 Å². The minimum absolute atomic E-state index is 0.148. The lowest BCUT2D eigenvalue weighted by atomic mass is 9.99. The van der Waals surface area contributed by atoms with Crippen molar-refractivity contribution in [3.63, 3.8) is 0 Å². The summed E-state index contributed by atoms with van der Waals surface area (Å²) in [5, 5.41) is 20.0. The van der Waals surface area contributed by atoms with Crippen LogP contribution in [0, 0.1) is 6.92 Å². The minimum atomic E-state index is -0.286. The second-order valence-electron chi connectivity index (χ2n) is 6.73. The maximum Gasteiger partial charge on any atom is 0.273 e. The van der Waals surface area contributed by atoms with E-state index in [1.807, 2.05) is 51.1 Å². The van der Waals surface area contributed by atoms with Crippen LogP contribution in [0.5, 0.6) is 11.5 Å². The molecule has 27 heavy (non-hydrogen) atoms. The van der Waals surface area contributed by atoms with Gasteiger partial charge < -0.3 is 15.2 Å². The van der Waals surface area contributed by atoms with Gasteiger partial charge in [-0.3, -0.25) is 9.89 Å². The number of hydrogen-bond acceptors (Lipinski definition) is 4. The van der Waals surface area contributed by atoms with Gasteiger partial charge in [-0.05, 0) is 66.4 Å². The largest absolute Gasteiger partial charge is 0.508 e. The zero-order valence-electron chi connectivity index (χ0n) is 15.8. The molecule has 0 unspecified atom stereocenters. The third-order valence-electron chi connectivity index (χ3n) is 4.45. The van der Waals surface area contributed by atoms with Crippen LogP contribution in [0.25, 0.3) is 11.3 Å². The van der Waals surface area contributed by atoms with Crippen LogP contribution in [0.4, 0.5) is 5.69 Å². The van der Waals surface area contributed by atoms with E-state index >= 15 is 0 Å². The van der Waals surface area contributed by atoms with Crippen LogP contribution in [0.1, 0.15) is 41.4 Å². The van der Waals surface area contributed by atoms with Crippen molar-refractivity contribution >= 4 is 11.6 Å². The van der Waals surface area contributed by atoms with E-state index in [1.165, 1.54) is 0 Å². The highest BCUT2D eigenvalue weighted by molar-refractivity contribution is 6.04. The lowest BCUT2D eigenvalue weighted by molar-refractivity contribution is 0.102. The summed E-state index contributed by atoms with van der Waals surface area (Å²) in [7, 11) is 1.61. The number of phenols is 1. The fraction of sp³-hybridized carbons (Fsp3) is 0.238. The molecular formula is C21H23N3O3. The third-order valence-corrected chi connectivity index (χ3v) is 4.45. The van der Waals surface area contributed by atoms with E-state index in [9.17, 15) is 9.90 Å². The lowest BCUT2D eigenvalue weighted by Gasteiger charge is -2.14. The molecule has 1 heterocycles. The number of aromatic nitrogens is 2. The number of rotatable bonds is 5. The predicted octanol–water partition coefficient (Wildman–Crippen LogP) is 4.48. The quantitative estimate of drug-likeness (QED) is 0.582. The third kappa shape index (κ3) is 3.95. The van der Waals surface area contributed by atoms with Gasteiger partial charge in [0.2, 0.25) is 0 Å². The molecule has 3 rings (SSSR count). The molecule has 0 saturated carbocycles. The second-order valence-corrected chi connectivity index (χ2v) is 6.73. The summed E-state index contributed by atoms with van der Waals surface area (Å²) in [5.74, 6) is 0.862. The molecule has 6 nitrogen and oxygen atoms in total. The van der Waals surface area contributed by atoms with Gasteiger partial charge in [-0.15, -0.1) is 0 Å². The smallest absolute Gasteiger partial charge is 0.273 e. The molecule has 0 radical (unpaired) electrons. The number of phenolic OH excluding ortho intramolecular Hbond substituents is 1. The molecule has 0 bridgehead atoms. The van der Waals surface area contributed by atoms with E-state index in [0.717, 1.165) is 22.4 Å². The lowest BCUT2D eigenvalue weighted by Crippen LogP contribution is -2.13. The van der Waals surface area contributed by atoms with Crippen LogP contribution in [-0.4, -0.2) is 28.3 Å². The van der Waals surface area contributed by atoms with Crippen molar-refractivity contribution in [2.24, 2.45) is 0 Å². The Balaban J connectivity index is 1.81. The van der Waals surface area contributed by atoms with Crippen LogP contribution in [0.3, 0.4) is 0 Å². The first-order chi connectivity index (χ1) is 12.9. The molecule has 0 fully saturated rings. The molecule has 1 aromatic heterocycles. The summed E-state index contributed by atoms with van der Waals surface area (Å²) in [4.78, 5) is 12.6. The normalized spacial score (nSPS) is 10.9. The number of aryl methyl sites for hydroxylation is 1. The van der Waals surface area contributed by atoms with Gasteiger partial charge in [0.25, 0.3) is 5.91 Å². The Kier molecular flexibility index (Phi) is 5.16. The van der Waals surface area contributed by atoms with E-state index < -0.39 is 0 Å². The number of nitrogens with one attached hydrogen (secondary N) is 2. The van der Waals surface area contributed by atoms with Crippen LogP contribution >= 0.6 is 0 Å². The number of amides is 1. The van der Waals surface area contributed by atoms with E-state index in [-0.39, 0.29) is 17.6 Å². The second kappa shape index (κ2) is 7.53. The van der Waals surface area contributed by atoms with E-state index in [0.29, 0.717) is 17.1 Å². The molecule has 2 aromatic carbocycles. The van der Waals surface area contributed by atoms with E-state index in [2.05, 4.69) is 15.5 Å². The van der Waals surface area contributed by atoms with Gasteiger partial charge in [0.05, 0.1) is 12.8 Å². The number of ether oxygens (including phenoxy) is 1. The number of H-pyrrole nitrogens is 1. The molecule has 6 heteroatoms. The Morgan fingerprint density at radius 2 is 1.89 bits per heavy atom. The molecule has 0 aliphatic heterocycles. The number of methoxy groups -OCH3 is 1. The van der Waals surface area contributed by atoms with Crippen molar-refractivity contribution in [1.82, 2.24) is 10.2 Å². The monoisotopic (exact) mass is 365 g/mol. The molecule has 0 spiro atoms. The minimum Gasteiger partial charge on any atom is -0.508 e. The van der Waals surface area contributed by atoms with Gasteiger partial charge in [0.1, 0.15) is 17.2 Å². The summed E-state index contributed by atoms with van der Waals surface area (Å²) < 4.78 is 5.15. The highest BCUT2D eigenvalue weighted by atomic mass is 16.5. The molecular weight excluding hydrogens is 342 g/mol. The molecule has 3 N–H and O–H groups in total. The van der Waals surface area contributed by atoms with Crippen LogP contribution < -0.4 is 10.1 Å². The Morgan fingerprint density at radius 3 is 2.52 bits per heavy atom. The molecule has 0 atom stereocenters. The van der Waals surface area contributed by atoms with Gasteiger partial charge in [-0.1, -0.05) is 13.8 Å². The van der Waals surface area contributed by atoms with Crippen molar-refractivity contribution in [2.45, 2.75) is 26.7 Å². The van der Waals surface area contributed by atoms with E-state index in [4.69, 9.17) is 4.74 Å².